The molecule has 0 aromatic heterocycles. The van der Waals surface area contributed by atoms with Gasteiger partial charge in [0.15, 0.2) is 0 Å². The second kappa shape index (κ2) is 4.53. The van der Waals surface area contributed by atoms with Gasteiger partial charge in [-0.05, 0) is 29.8 Å². The van der Waals surface area contributed by atoms with Crippen molar-refractivity contribution in [1.82, 2.24) is 0 Å². The Bertz CT molecular complexity index is 532. The monoisotopic (exact) mass is 299 g/mol. The Kier molecular flexibility index (Phi) is 3.24. The van der Waals surface area contributed by atoms with Gasteiger partial charge in [0.05, 0.1) is 5.56 Å². The van der Waals surface area contributed by atoms with Crippen molar-refractivity contribution in [2.45, 2.75) is 6.18 Å². The first-order valence-electron chi connectivity index (χ1n) is 4.82. The lowest BCUT2D eigenvalue weighted by atomic mass is 10.0. The highest BCUT2D eigenvalue weighted by Gasteiger charge is 2.30. The molecule has 0 heterocycles. The van der Waals surface area contributed by atoms with Gasteiger partial charge in [-0.3, -0.25) is 0 Å². The molecule has 0 aliphatic heterocycles. The van der Waals surface area contributed by atoms with Crippen molar-refractivity contribution in [2.24, 2.45) is 0 Å². The van der Waals surface area contributed by atoms with E-state index in [1.807, 2.05) is 0 Å². The van der Waals surface area contributed by atoms with Crippen LogP contribution in [0.3, 0.4) is 0 Å². The van der Waals surface area contributed by atoms with Crippen molar-refractivity contribution < 1.29 is 13.2 Å². The molecule has 0 bridgehead atoms. The Balaban J connectivity index is 2.51. The number of benzene rings is 2. The predicted octanol–water partition coefficient (Wildman–Crippen LogP) is 4.94. The second-order valence-electron chi connectivity index (χ2n) is 3.47. The van der Waals surface area contributed by atoms with Crippen molar-refractivity contribution >= 4 is 15.9 Å². The Morgan fingerprint density at radius 3 is 2.47 bits per heavy atom. The summed E-state index contributed by atoms with van der Waals surface area (Å²) in [4.78, 5) is 0. The summed E-state index contributed by atoms with van der Waals surface area (Å²) in [5.41, 5.74) is 0.463. The Hall–Kier alpha value is -1.29. The van der Waals surface area contributed by atoms with Gasteiger partial charge in [-0.1, -0.05) is 40.2 Å². The smallest absolute Gasteiger partial charge is 0.166 e. The van der Waals surface area contributed by atoms with E-state index in [1.165, 1.54) is 6.07 Å². The van der Waals surface area contributed by atoms with Crippen LogP contribution in [0.4, 0.5) is 13.2 Å². The highest BCUT2D eigenvalue weighted by Crippen LogP contribution is 2.34. The molecule has 0 aliphatic rings. The standard InChI is InChI=1S/C13H7BrF3/c14-12-7-2-1-6-11(12)9-4-3-5-10(8-9)13(15,16)17/h1-5,7-8H. The van der Waals surface area contributed by atoms with Gasteiger partial charge in [-0.15, -0.1) is 0 Å². The van der Waals surface area contributed by atoms with Crippen LogP contribution in [0.2, 0.25) is 0 Å². The summed E-state index contributed by atoms with van der Waals surface area (Å²) < 4.78 is 38.4. The van der Waals surface area contributed by atoms with Gasteiger partial charge < -0.3 is 0 Å². The fourth-order valence-corrected chi connectivity index (χ4v) is 1.98. The van der Waals surface area contributed by atoms with Crippen LogP contribution in [0, 0.1) is 6.07 Å². The molecule has 0 unspecified atom stereocenters. The van der Waals surface area contributed by atoms with E-state index in [1.54, 1.807) is 24.3 Å². The molecule has 0 fully saturated rings. The molecule has 0 nitrogen and oxygen atoms in total. The van der Waals surface area contributed by atoms with Crippen LogP contribution in [0.1, 0.15) is 5.56 Å². The zero-order chi connectivity index (χ0) is 12.5. The quantitative estimate of drug-likeness (QED) is 0.700. The topological polar surface area (TPSA) is 0 Å². The van der Waals surface area contributed by atoms with Gasteiger partial charge in [0, 0.05) is 10.0 Å². The molecule has 87 valence electrons. The SMILES string of the molecule is FC(F)(F)c1cccc(-c2[c]cccc2Br)c1. The normalized spacial score (nSPS) is 11.5. The summed E-state index contributed by atoms with van der Waals surface area (Å²) >= 11 is 3.30. The maximum Gasteiger partial charge on any atom is 0.416 e. The van der Waals surface area contributed by atoms with Crippen LogP contribution in [0.5, 0.6) is 0 Å². The minimum absolute atomic E-state index is 0.493. The molecular formula is C13H7BrF3. The molecule has 0 atom stereocenters. The fraction of sp³-hybridized carbons (Fsp3) is 0.0769. The predicted molar refractivity (Wildman–Crippen MR) is 63.4 cm³/mol. The number of rotatable bonds is 1. The molecule has 0 spiro atoms. The lowest BCUT2D eigenvalue weighted by Gasteiger charge is -2.09. The van der Waals surface area contributed by atoms with E-state index in [4.69, 9.17) is 0 Å². The minimum atomic E-state index is -4.32. The fourth-order valence-electron chi connectivity index (χ4n) is 1.49. The summed E-state index contributed by atoms with van der Waals surface area (Å²) in [5, 5.41) is 0. The van der Waals surface area contributed by atoms with Crippen molar-refractivity contribution in [2.75, 3.05) is 0 Å². The van der Waals surface area contributed by atoms with Crippen molar-refractivity contribution in [3.63, 3.8) is 0 Å². The van der Waals surface area contributed by atoms with Crippen LogP contribution in [0.15, 0.2) is 46.9 Å². The third-order valence-electron chi connectivity index (χ3n) is 2.28. The van der Waals surface area contributed by atoms with E-state index >= 15 is 0 Å². The van der Waals surface area contributed by atoms with Crippen molar-refractivity contribution in [3.05, 3.63) is 58.6 Å². The van der Waals surface area contributed by atoms with E-state index in [0.717, 1.165) is 16.6 Å². The minimum Gasteiger partial charge on any atom is -0.166 e. The van der Waals surface area contributed by atoms with E-state index in [2.05, 4.69) is 22.0 Å². The summed E-state index contributed by atoms with van der Waals surface area (Å²) in [7, 11) is 0. The van der Waals surface area contributed by atoms with E-state index < -0.39 is 11.7 Å². The van der Waals surface area contributed by atoms with Crippen LogP contribution in [-0.4, -0.2) is 0 Å². The number of halogens is 4. The van der Waals surface area contributed by atoms with E-state index in [-0.39, 0.29) is 0 Å². The highest BCUT2D eigenvalue weighted by molar-refractivity contribution is 9.10. The molecule has 0 saturated heterocycles. The molecule has 17 heavy (non-hydrogen) atoms. The first-order chi connectivity index (χ1) is 7.98. The van der Waals surface area contributed by atoms with Gasteiger partial charge in [-0.2, -0.15) is 13.2 Å². The van der Waals surface area contributed by atoms with Gasteiger partial charge in [0.25, 0.3) is 0 Å². The maximum atomic E-state index is 12.6. The molecule has 0 aliphatic carbocycles. The van der Waals surface area contributed by atoms with Crippen molar-refractivity contribution in [1.29, 1.82) is 0 Å². The maximum absolute atomic E-state index is 12.6. The molecule has 0 amide bonds. The third kappa shape index (κ3) is 2.69. The summed E-state index contributed by atoms with van der Waals surface area (Å²) in [6.45, 7) is 0. The molecule has 2 aromatic rings. The summed E-state index contributed by atoms with van der Waals surface area (Å²) in [6, 6.07) is 13.3. The third-order valence-corrected chi connectivity index (χ3v) is 2.94. The zero-order valence-electron chi connectivity index (χ0n) is 8.55. The number of alkyl halides is 3. The molecule has 1 radical (unpaired) electrons. The summed E-state index contributed by atoms with van der Waals surface area (Å²) in [6.07, 6.45) is -4.32. The van der Waals surface area contributed by atoms with Gasteiger partial charge in [-0.25, -0.2) is 0 Å². The average Bonchev–Trinajstić information content (AvgIpc) is 2.29. The molecule has 0 saturated carbocycles. The van der Waals surface area contributed by atoms with Crippen LogP contribution in [0.25, 0.3) is 11.1 Å². The number of hydrogen-bond acceptors (Lipinski definition) is 0. The molecule has 4 heteroatoms. The number of hydrogen-bond donors (Lipinski definition) is 0. The lowest BCUT2D eigenvalue weighted by Crippen LogP contribution is -2.04. The summed E-state index contributed by atoms with van der Waals surface area (Å²) in [5.74, 6) is 0. The second-order valence-corrected chi connectivity index (χ2v) is 4.33. The molecule has 2 aromatic carbocycles. The first-order valence-corrected chi connectivity index (χ1v) is 5.61. The van der Waals surface area contributed by atoms with Crippen LogP contribution < -0.4 is 0 Å². The molecular weight excluding hydrogens is 293 g/mol. The van der Waals surface area contributed by atoms with E-state index in [9.17, 15) is 13.2 Å². The Labute approximate surface area is 105 Å². The largest absolute Gasteiger partial charge is 0.416 e. The zero-order valence-corrected chi connectivity index (χ0v) is 10.1. The highest BCUT2D eigenvalue weighted by atomic mass is 79.9. The Morgan fingerprint density at radius 2 is 1.82 bits per heavy atom. The van der Waals surface area contributed by atoms with Gasteiger partial charge in [0.2, 0.25) is 0 Å². The molecule has 2 rings (SSSR count). The molecule has 0 N–H and O–H groups in total. The Morgan fingerprint density at radius 1 is 1.06 bits per heavy atom. The first kappa shape index (κ1) is 12.2. The lowest BCUT2D eigenvalue weighted by molar-refractivity contribution is -0.137. The van der Waals surface area contributed by atoms with Crippen LogP contribution >= 0.6 is 15.9 Å². The van der Waals surface area contributed by atoms with E-state index in [0.29, 0.717) is 11.1 Å². The average molecular weight is 300 g/mol. The van der Waals surface area contributed by atoms with Gasteiger partial charge in [0.1, 0.15) is 0 Å². The van der Waals surface area contributed by atoms with Crippen molar-refractivity contribution in [3.8, 4) is 11.1 Å². The van der Waals surface area contributed by atoms with Gasteiger partial charge >= 0.3 is 6.18 Å². The van der Waals surface area contributed by atoms with Crippen LogP contribution in [-0.2, 0) is 6.18 Å².